The fraction of sp³-hybridized carbons (Fsp3) is 0.588. The molecule has 2 N–H and O–H groups in total. The molecule has 0 aromatic heterocycles. The Bertz CT molecular complexity index is 532. The van der Waals surface area contributed by atoms with Gasteiger partial charge in [-0.15, -0.1) is 0 Å². The summed E-state index contributed by atoms with van der Waals surface area (Å²) in [5, 5.41) is 0. The van der Waals surface area contributed by atoms with Crippen molar-refractivity contribution in [3.8, 4) is 17.2 Å². The van der Waals surface area contributed by atoms with Crippen LogP contribution >= 0.6 is 0 Å². The van der Waals surface area contributed by atoms with Crippen molar-refractivity contribution < 1.29 is 19.0 Å². The molecule has 7 heteroatoms. The quantitative estimate of drug-likeness (QED) is 0.789. The first-order valence-electron chi connectivity index (χ1n) is 8.12. The Hall–Kier alpha value is -1.99. The van der Waals surface area contributed by atoms with Crippen LogP contribution in [0.4, 0.5) is 0 Å². The second-order valence-electron chi connectivity index (χ2n) is 5.73. The fourth-order valence-electron chi connectivity index (χ4n) is 2.92. The lowest BCUT2D eigenvalue weighted by atomic mass is 10.1. The van der Waals surface area contributed by atoms with Gasteiger partial charge in [-0.25, -0.2) is 0 Å². The second kappa shape index (κ2) is 8.75. The number of methoxy groups -OCH3 is 3. The van der Waals surface area contributed by atoms with Gasteiger partial charge in [0, 0.05) is 45.7 Å². The molecular formula is C17H27N3O4. The number of carbonyl (C=O) groups is 1. The Balaban J connectivity index is 2.01. The maximum Gasteiger partial charge on any atom is 0.223 e. The van der Waals surface area contributed by atoms with Crippen molar-refractivity contribution in [3.63, 3.8) is 0 Å². The van der Waals surface area contributed by atoms with Crippen LogP contribution in [-0.2, 0) is 11.3 Å². The van der Waals surface area contributed by atoms with E-state index >= 15 is 0 Å². The van der Waals surface area contributed by atoms with Crippen molar-refractivity contribution in [1.29, 1.82) is 0 Å². The second-order valence-corrected chi connectivity index (χ2v) is 5.73. The SMILES string of the molecule is COc1cc(CN2CCN(C(=O)CCN)CC2)cc(OC)c1OC. The van der Waals surface area contributed by atoms with Gasteiger partial charge in [0.05, 0.1) is 21.3 Å². The summed E-state index contributed by atoms with van der Waals surface area (Å²) in [7, 11) is 4.82. The Morgan fingerprint density at radius 1 is 1.04 bits per heavy atom. The van der Waals surface area contributed by atoms with E-state index in [0.717, 1.165) is 38.3 Å². The van der Waals surface area contributed by atoms with Gasteiger partial charge in [0.25, 0.3) is 0 Å². The average Bonchev–Trinajstić information content (AvgIpc) is 2.61. The Kier molecular flexibility index (Phi) is 6.69. The molecule has 0 bridgehead atoms. The summed E-state index contributed by atoms with van der Waals surface area (Å²) in [6.45, 7) is 4.34. The first kappa shape index (κ1) is 18.4. The number of hydrogen-bond donors (Lipinski definition) is 1. The molecule has 1 aliphatic heterocycles. The van der Waals surface area contributed by atoms with Crippen LogP contribution in [0, 0.1) is 0 Å². The van der Waals surface area contributed by atoms with Crippen LogP contribution in [0.3, 0.4) is 0 Å². The zero-order chi connectivity index (χ0) is 17.5. The molecule has 1 amide bonds. The smallest absolute Gasteiger partial charge is 0.223 e. The summed E-state index contributed by atoms with van der Waals surface area (Å²) < 4.78 is 16.1. The normalized spacial score (nSPS) is 15.2. The van der Waals surface area contributed by atoms with Crippen molar-refractivity contribution in [3.05, 3.63) is 17.7 Å². The van der Waals surface area contributed by atoms with Crippen LogP contribution in [0.15, 0.2) is 12.1 Å². The van der Waals surface area contributed by atoms with Crippen LogP contribution < -0.4 is 19.9 Å². The highest BCUT2D eigenvalue weighted by Gasteiger charge is 2.21. The highest BCUT2D eigenvalue weighted by Crippen LogP contribution is 2.38. The van der Waals surface area contributed by atoms with E-state index in [4.69, 9.17) is 19.9 Å². The Morgan fingerprint density at radius 3 is 2.08 bits per heavy atom. The number of piperazine rings is 1. The molecule has 1 saturated heterocycles. The predicted octanol–water partition coefficient (Wildman–Crippen LogP) is 0.705. The third-order valence-electron chi connectivity index (χ3n) is 4.21. The van der Waals surface area contributed by atoms with Gasteiger partial charge in [-0.05, 0) is 17.7 Å². The molecule has 1 aromatic rings. The minimum atomic E-state index is 0.143. The first-order valence-corrected chi connectivity index (χ1v) is 8.12. The van der Waals surface area contributed by atoms with E-state index in [9.17, 15) is 4.79 Å². The van der Waals surface area contributed by atoms with Crippen LogP contribution in [0.2, 0.25) is 0 Å². The van der Waals surface area contributed by atoms with Crippen molar-refractivity contribution in [2.75, 3.05) is 54.1 Å². The van der Waals surface area contributed by atoms with E-state index in [1.54, 1.807) is 21.3 Å². The number of ether oxygens (including phenoxy) is 3. The molecule has 24 heavy (non-hydrogen) atoms. The summed E-state index contributed by atoms with van der Waals surface area (Å²) in [5.41, 5.74) is 6.54. The van der Waals surface area contributed by atoms with E-state index in [0.29, 0.717) is 30.2 Å². The van der Waals surface area contributed by atoms with Gasteiger partial charge >= 0.3 is 0 Å². The Labute approximate surface area is 143 Å². The number of benzene rings is 1. The molecule has 2 rings (SSSR count). The van der Waals surface area contributed by atoms with Crippen LogP contribution in [-0.4, -0.2) is 69.8 Å². The zero-order valence-corrected chi connectivity index (χ0v) is 14.7. The molecule has 0 saturated carbocycles. The maximum atomic E-state index is 11.9. The van der Waals surface area contributed by atoms with Crippen LogP contribution in [0.1, 0.15) is 12.0 Å². The van der Waals surface area contributed by atoms with Crippen molar-refractivity contribution in [2.45, 2.75) is 13.0 Å². The van der Waals surface area contributed by atoms with Gasteiger partial charge in [-0.2, -0.15) is 0 Å². The lowest BCUT2D eigenvalue weighted by Gasteiger charge is -2.35. The molecule has 1 fully saturated rings. The topological polar surface area (TPSA) is 77.3 Å². The van der Waals surface area contributed by atoms with E-state index < -0.39 is 0 Å². The first-order chi connectivity index (χ1) is 11.6. The third kappa shape index (κ3) is 4.30. The van der Waals surface area contributed by atoms with Crippen molar-refractivity contribution in [1.82, 2.24) is 9.80 Å². The van der Waals surface area contributed by atoms with E-state index in [2.05, 4.69) is 4.90 Å². The van der Waals surface area contributed by atoms with Gasteiger partial charge in [0.2, 0.25) is 11.7 Å². The molecule has 0 atom stereocenters. The van der Waals surface area contributed by atoms with Gasteiger partial charge < -0.3 is 24.8 Å². The minimum Gasteiger partial charge on any atom is -0.493 e. The molecule has 0 aliphatic carbocycles. The molecule has 0 radical (unpaired) electrons. The molecule has 0 spiro atoms. The molecule has 134 valence electrons. The van der Waals surface area contributed by atoms with Crippen LogP contribution in [0.25, 0.3) is 0 Å². The predicted molar refractivity (Wildman–Crippen MR) is 91.6 cm³/mol. The average molecular weight is 337 g/mol. The molecule has 0 unspecified atom stereocenters. The van der Waals surface area contributed by atoms with E-state index in [1.165, 1.54) is 0 Å². The summed E-state index contributed by atoms with van der Waals surface area (Å²) in [4.78, 5) is 16.1. The highest BCUT2D eigenvalue weighted by molar-refractivity contribution is 5.76. The molecular weight excluding hydrogens is 310 g/mol. The lowest BCUT2D eigenvalue weighted by Crippen LogP contribution is -2.48. The number of amides is 1. The highest BCUT2D eigenvalue weighted by atomic mass is 16.5. The van der Waals surface area contributed by atoms with Gasteiger partial charge in [0.1, 0.15) is 0 Å². The number of hydrogen-bond acceptors (Lipinski definition) is 6. The Morgan fingerprint density at radius 2 is 1.62 bits per heavy atom. The summed E-state index contributed by atoms with van der Waals surface area (Å²) >= 11 is 0. The molecule has 1 aromatic carbocycles. The van der Waals surface area contributed by atoms with Gasteiger partial charge in [-0.1, -0.05) is 0 Å². The van der Waals surface area contributed by atoms with Gasteiger partial charge in [0.15, 0.2) is 11.5 Å². The zero-order valence-electron chi connectivity index (χ0n) is 14.7. The van der Waals surface area contributed by atoms with Gasteiger partial charge in [-0.3, -0.25) is 9.69 Å². The number of rotatable bonds is 7. The summed E-state index contributed by atoms with van der Waals surface area (Å²) in [5.74, 6) is 2.05. The standard InChI is InChI=1S/C17H27N3O4/c1-22-14-10-13(11-15(23-2)17(14)24-3)12-19-6-8-20(9-7-19)16(21)4-5-18/h10-11H,4-9,12,18H2,1-3H3. The number of nitrogens with zero attached hydrogens (tertiary/aromatic N) is 2. The largest absolute Gasteiger partial charge is 0.493 e. The van der Waals surface area contributed by atoms with Crippen LogP contribution in [0.5, 0.6) is 17.2 Å². The minimum absolute atomic E-state index is 0.143. The fourth-order valence-corrected chi connectivity index (χ4v) is 2.92. The maximum absolute atomic E-state index is 11.9. The van der Waals surface area contributed by atoms with Crippen molar-refractivity contribution in [2.24, 2.45) is 5.73 Å². The van der Waals surface area contributed by atoms with Crippen molar-refractivity contribution >= 4 is 5.91 Å². The number of carbonyl (C=O) groups excluding carboxylic acids is 1. The van der Waals surface area contributed by atoms with E-state index in [1.807, 2.05) is 17.0 Å². The monoisotopic (exact) mass is 337 g/mol. The number of nitrogens with two attached hydrogens (primary N) is 1. The molecule has 7 nitrogen and oxygen atoms in total. The molecule has 1 aliphatic rings. The summed E-state index contributed by atoms with van der Waals surface area (Å²) in [6, 6.07) is 3.93. The third-order valence-corrected chi connectivity index (χ3v) is 4.21. The summed E-state index contributed by atoms with van der Waals surface area (Å²) in [6.07, 6.45) is 0.423. The lowest BCUT2D eigenvalue weighted by molar-refractivity contribution is -0.132. The van der Waals surface area contributed by atoms with E-state index in [-0.39, 0.29) is 5.91 Å². The molecule has 1 heterocycles.